The average molecular weight is 524 g/mol. The van der Waals surface area contributed by atoms with Gasteiger partial charge >= 0.3 is 0 Å². The van der Waals surface area contributed by atoms with Gasteiger partial charge in [0.15, 0.2) is 0 Å². The molecule has 1 saturated heterocycles. The Bertz CT molecular complexity index is 1300. The Morgan fingerprint density at radius 1 is 1.14 bits per heavy atom. The first-order valence-corrected chi connectivity index (χ1v) is 13.3. The lowest BCUT2D eigenvalue weighted by molar-refractivity contribution is 0.0938. The van der Waals surface area contributed by atoms with E-state index in [1.54, 1.807) is 24.3 Å². The molecule has 0 saturated carbocycles. The highest BCUT2D eigenvalue weighted by Gasteiger charge is 2.30. The molecule has 3 aromatic rings. The molecule has 36 heavy (non-hydrogen) atoms. The molecule has 0 bridgehead atoms. The van der Waals surface area contributed by atoms with Crippen LogP contribution in [0.15, 0.2) is 70.5 Å². The fourth-order valence-corrected chi connectivity index (χ4v) is 6.20. The zero-order valence-electron chi connectivity index (χ0n) is 20.0. The van der Waals surface area contributed by atoms with Crippen LogP contribution < -0.4 is 10.2 Å². The van der Waals surface area contributed by atoms with E-state index in [1.165, 1.54) is 28.8 Å². The standard InChI is InChI=1S/C28H27ClFN3O2S/c1-2-32-14-6-7-19(32)16-31-27(34)18-12-13-26-24(15-18)33(17-21-22(29)9-5-10-23(21)30)28(35)20-8-3-4-11-25(20)36-26/h3-5,8-13,15,19H,2,6-7,14,16-17H2,1H3,(H,31,34)/t19-/m1/s1. The van der Waals surface area contributed by atoms with Crippen LogP contribution in [0.1, 0.15) is 46.0 Å². The number of anilines is 1. The molecule has 2 amide bonds. The molecular weight excluding hydrogens is 497 g/mol. The number of fused-ring (bicyclic) bond motifs is 2. The predicted octanol–water partition coefficient (Wildman–Crippen LogP) is 6.00. The van der Waals surface area contributed by atoms with Crippen molar-refractivity contribution in [3.8, 4) is 0 Å². The molecule has 3 aromatic carbocycles. The van der Waals surface area contributed by atoms with Crippen molar-refractivity contribution >= 4 is 40.9 Å². The van der Waals surface area contributed by atoms with Gasteiger partial charge in [-0.1, -0.05) is 48.5 Å². The van der Waals surface area contributed by atoms with Crippen LogP contribution in [0.2, 0.25) is 5.02 Å². The van der Waals surface area contributed by atoms with Crippen LogP contribution in [-0.4, -0.2) is 42.4 Å². The van der Waals surface area contributed by atoms with Crippen molar-refractivity contribution in [1.82, 2.24) is 10.2 Å². The van der Waals surface area contributed by atoms with Gasteiger partial charge in [-0.2, -0.15) is 0 Å². The first kappa shape index (κ1) is 24.8. The van der Waals surface area contributed by atoms with Crippen LogP contribution >= 0.6 is 23.4 Å². The van der Waals surface area contributed by atoms with Crippen LogP contribution in [0.3, 0.4) is 0 Å². The van der Waals surface area contributed by atoms with E-state index in [-0.39, 0.29) is 28.9 Å². The molecule has 2 aliphatic rings. The smallest absolute Gasteiger partial charge is 0.259 e. The number of hydrogen-bond acceptors (Lipinski definition) is 4. The molecule has 0 aliphatic carbocycles. The van der Waals surface area contributed by atoms with Crippen molar-refractivity contribution in [2.75, 3.05) is 24.5 Å². The monoisotopic (exact) mass is 523 g/mol. The van der Waals surface area contributed by atoms with E-state index in [1.807, 2.05) is 24.3 Å². The number of amides is 2. The van der Waals surface area contributed by atoms with Gasteiger partial charge in [-0.15, -0.1) is 0 Å². The first-order chi connectivity index (χ1) is 17.5. The molecule has 1 N–H and O–H groups in total. The molecular formula is C28H27ClFN3O2S. The minimum Gasteiger partial charge on any atom is -0.350 e. The summed E-state index contributed by atoms with van der Waals surface area (Å²) < 4.78 is 14.7. The lowest BCUT2D eigenvalue weighted by Gasteiger charge is -2.25. The van der Waals surface area contributed by atoms with E-state index in [0.717, 1.165) is 35.7 Å². The summed E-state index contributed by atoms with van der Waals surface area (Å²) in [5, 5.41) is 3.32. The van der Waals surface area contributed by atoms with Crippen LogP contribution in [-0.2, 0) is 6.54 Å². The molecule has 1 atom stereocenters. The van der Waals surface area contributed by atoms with E-state index in [4.69, 9.17) is 11.6 Å². The summed E-state index contributed by atoms with van der Waals surface area (Å²) in [6.07, 6.45) is 2.21. The summed E-state index contributed by atoms with van der Waals surface area (Å²) in [7, 11) is 0. The Labute approximate surface area is 219 Å². The summed E-state index contributed by atoms with van der Waals surface area (Å²) in [6, 6.07) is 17.5. The van der Waals surface area contributed by atoms with Gasteiger partial charge in [-0.05, 0) is 68.4 Å². The Morgan fingerprint density at radius 3 is 2.78 bits per heavy atom. The van der Waals surface area contributed by atoms with Crippen LogP contribution in [0.5, 0.6) is 0 Å². The van der Waals surface area contributed by atoms with Gasteiger partial charge < -0.3 is 10.2 Å². The predicted molar refractivity (Wildman–Crippen MR) is 142 cm³/mol. The molecule has 0 aromatic heterocycles. The van der Waals surface area contributed by atoms with Gasteiger partial charge in [0, 0.05) is 38.5 Å². The van der Waals surface area contributed by atoms with Crippen LogP contribution in [0.4, 0.5) is 10.1 Å². The maximum Gasteiger partial charge on any atom is 0.259 e. The highest BCUT2D eigenvalue weighted by molar-refractivity contribution is 7.99. The summed E-state index contributed by atoms with van der Waals surface area (Å²) in [4.78, 5) is 32.4. The SMILES string of the molecule is CCN1CCC[C@@H]1CNC(=O)c1ccc2c(c1)N(Cc1c(F)cccc1Cl)C(=O)c1ccccc1S2. The third-order valence-electron chi connectivity index (χ3n) is 6.88. The van der Waals surface area contributed by atoms with Gasteiger partial charge in [-0.3, -0.25) is 14.5 Å². The van der Waals surface area contributed by atoms with Crippen molar-refractivity contribution < 1.29 is 14.0 Å². The number of nitrogens with one attached hydrogen (secondary N) is 1. The Morgan fingerprint density at radius 2 is 1.97 bits per heavy atom. The highest BCUT2D eigenvalue weighted by Crippen LogP contribution is 2.42. The van der Waals surface area contributed by atoms with Crippen LogP contribution in [0, 0.1) is 5.82 Å². The third-order valence-corrected chi connectivity index (χ3v) is 8.37. The van der Waals surface area contributed by atoms with Crippen molar-refractivity contribution in [2.45, 2.75) is 42.1 Å². The van der Waals surface area contributed by atoms with E-state index in [0.29, 0.717) is 29.4 Å². The molecule has 8 heteroatoms. The molecule has 0 unspecified atom stereocenters. The van der Waals surface area contributed by atoms with Crippen molar-refractivity contribution in [3.05, 3.63) is 88.2 Å². The van der Waals surface area contributed by atoms with E-state index >= 15 is 0 Å². The zero-order chi connectivity index (χ0) is 25.2. The molecule has 0 radical (unpaired) electrons. The fraction of sp³-hybridized carbons (Fsp3) is 0.286. The van der Waals surface area contributed by atoms with Crippen molar-refractivity contribution in [1.29, 1.82) is 0 Å². The maximum absolute atomic E-state index is 14.7. The number of carbonyl (C=O) groups is 2. The number of rotatable bonds is 6. The van der Waals surface area contributed by atoms with Gasteiger partial charge in [0.2, 0.25) is 0 Å². The largest absolute Gasteiger partial charge is 0.350 e. The van der Waals surface area contributed by atoms with Gasteiger partial charge in [0.1, 0.15) is 5.82 Å². The number of benzene rings is 3. The summed E-state index contributed by atoms with van der Waals surface area (Å²) >= 11 is 7.78. The first-order valence-electron chi connectivity index (χ1n) is 12.1. The average Bonchev–Trinajstić information content (AvgIpc) is 3.31. The van der Waals surface area contributed by atoms with Crippen molar-refractivity contribution in [3.63, 3.8) is 0 Å². The number of halogens is 2. The number of nitrogens with zero attached hydrogens (tertiary/aromatic N) is 2. The second-order valence-electron chi connectivity index (χ2n) is 9.01. The Hall–Kier alpha value is -2.87. The quantitative estimate of drug-likeness (QED) is 0.430. The van der Waals surface area contributed by atoms with Gasteiger partial charge in [0.05, 0.1) is 17.8 Å². The maximum atomic E-state index is 14.7. The number of likely N-dealkylation sites (N-methyl/N-ethyl adjacent to an activating group) is 1. The topological polar surface area (TPSA) is 52.7 Å². The summed E-state index contributed by atoms with van der Waals surface area (Å²) in [5.74, 6) is -0.935. The Kier molecular flexibility index (Phi) is 7.32. The molecule has 2 heterocycles. The Balaban J connectivity index is 1.49. The van der Waals surface area contributed by atoms with Gasteiger partial charge in [-0.25, -0.2) is 4.39 Å². The number of hydrogen-bond donors (Lipinski definition) is 1. The van der Waals surface area contributed by atoms with Crippen LogP contribution in [0.25, 0.3) is 0 Å². The number of carbonyl (C=O) groups excluding carboxylic acids is 2. The third kappa shape index (κ3) is 4.88. The molecule has 186 valence electrons. The fourth-order valence-electron chi connectivity index (χ4n) is 4.92. The summed E-state index contributed by atoms with van der Waals surface area (Å²) in [6.45, 7) is 4.69. The minimum atomic E-state index is -0.479. The zero-order valence-corrected chi connectivity index (χ0v) is 21.5. The van der Waals surface area contributed by atoms with Gasteiger partial charge in [0.25, 0.3) is 11.8 Å². The second kappa shape index (κ2) is 10.6. The van der Waals surface area contributed by atoms with E-state index < -0.39 is 5.82 Å². The van der Waals surface area contributed by atoms with Crippen molar-refractivity contribution in [2.24, 2.45) is 0 Å². The minimum absolute atomic E-state index is 0.0508. The lowest BCUT2D eigenvalue weighted by Crippen LogP contribution is -2.40. The summed E-state index contributed by atoms with van der Waals surface area (Å²) in [5.41, 5.74) is 1.78. The molecule has 5 rings (SSSR count). The number of likely N-dealkylation sites (tertiary alicyclic amines) is 1. The van der Waals surface area contributed by atoms with E-state index in [9.17, 15) is 14.0 Å². The van der Waals surface area contributed by atoms with E-state index in [2.05, 4.69) is 17.1 Å². The second-order valence-corrected chi connectivity index (χ2v) is 10.5. The molecule has 1 fully saturated rings. The lowest BCUT2D eigenvalue weighted by atomic mass is 10.1. The molecule has 5 nitrogen and oxygen atoms in total. The molecule has 2 aliphatic heterocycles. The normalized spacial score (nSPS) is 17.5. The molecule has 0 spiro atoms. The highest BCUT2D eigenvalue weighted by atomic mass is 35.5.